The van der Waals surface area contributed by atoms with Gasteiger partial charge in [-0.25, -0.2) is 14.4 Å². The highest BCUT2D eigenvalue weighted by molar-refractivity contribution is 6.30. The van der Waals surface area contributed by atoms with Gasteiger partial charge in [-0.2, -0.15) is 5.10 Å². The molecule has 9 heteroatoms. The fourth-order valence-electron chi connectivity index (χ4n) is 4.34. The maximum atomic E-state index is 14.8. The van der Waals surface area contributed by atoms with Gasteiger partial charge in [-0.05, 0) is 42.7 Å². The molecule has 1 saturated heterocycles. The van der Waals surface area contributed by atoms with Crippen molar-refractivity contribution in [3.05, 3.63) is 69.7 Å². The van der Waals surface area contributed by atoms with E-state index < -0.39 is 5.82 Å². The molecule has 0 N–H and O–H groups in total. The van der Waals surface area contributed by atoms with Crippen molar-refractivity contribution in [2.45, 2.75) is 18.8 Å². The van der Waals surface area contributed by atoms with Crippen molar-refractivity contribution in [1.82, 2.24) is 24.3 Å². The standard InChI is InChI=1S/C23H22ClFN6O/c1-29-13-26-21-18(23(29)32)9-20(28-22(21)17-6-5-16(24)8-19(17)25)31-7-3-4-14(12-31)15-10-27-30(2)11-15/h5-6,8-11,13-14H,3-4,7,12H2,1-2H3/t14-/m0/s1. The van der Waals surface area contributed by atoms with E-state index in [1.165, 1.54) is 22.5 Å². The van der Waals surface area contributed by atoms with E-state index in [2.05, 4.69) is 15.0 Å². The second-order valence-corrected chi connectivity index (χ2v) is 8.68. The molecule has 0 spiro atoms. The molecule has 164 valence electrons. The zero-order valence-corrected chi connectivity index (χ0v) is 18.6. The van der Waals surface area contributed by atoms with Gasteiger partial charge in [0.25, 0.3) is 5.56 Å². The lowest BCUT2D eigenvalue weighted by Crippen LogP contribution is -2.35. The molecule has 0 saturated carbocycles. The molecule has 0 amide bonds. The molecular formula is C23H22ClFN6O. The molecule has 7 nitrogen and oxygen atoms in total. The van der Waals surface area contributed by atoms with Crippen LogP contribution < -0.4 is 10.5 Å². The Morgan fingerprint density at radius 3 is 2.81 bits per heavy atom. The van der Waals surface area contributed by atoms with Gasteiger partial charge in [0.2, 0.25) is 0 Å². The molecule has 1 aliphatic rings. The second kappa shape index (κ2) is 8.02. The molecule has 5 rings (SSSR count). The van der Waals surface area contributed by atoms with E-state index in [1.807, 2.05) is 19.4 Å². The van der Waals surface area contributed by atoms with Crippen LogP contribution in [0.2, 0.25) is 5.02 Å². The minimum absolute atomic E-state index is 0.199. The molecule has 0 radical (unpaired) electrons. The fourth-order valence-corrected chi connectivity index (χ4v) is 4.50. The van der Waals surface area contributed by atoms with Gasteiger partial charge in [-0.3, -0.25) is 9.48 Å². The Bertz CT molecular complexity index is 1380. The van der Waals surface area contributed by atoms with Crippen LogP contribution in [0.4, 0.5) is 10.2 Å². The molecule has 0 aliphatic carbocycles. The number of fused-ring (bicyclic) bond motifs is 1. The highest BCUT2D eigenvalue weighted by atomic mass is 35.5. The monoisotopic (exact) mass is 452 g/mol. The van der Waals surface area contributed by atoms with Gasteiger partial charge in [0, 0.05) is 49.9 Å². The zero-order valence-electron chi connectivity index (χ0n) is 17.8. The quantitative estimate of drug-likeness (QED) is 0.471. The van der Waals surface area contributed by atoms with Crippen molar-refractivity contribution in [3.63, 3.8) is 0 Å². The lowest BCUT2D eigenvalue weighted by atomic mass is 9.93. The number of aryl methyl sites for hydroxylation is 2. The summed E-state index contributed by atoms with van der Waals surface area (Å²) in [5, 5.41) is 5.01. The van der Waals surface area contributed by atoms with Crippen LogP contribution in [-0.4, -0.2) is 37.4 Å². The topological polar surface area (TPSA) is 68.8 Å². The van der Waals surface area contributed by atoms with Gasteiger partial charge in [0.1, 0.15) is 22.8 Å². The van der Waals surface area contributed by atoms with E-state index in [4.69, 9.17) is 16.6 Å². The molecular weight excluding hydrogens is 431 g/mol. The number of pyridine rings is 1. The first-order chi connectivity index (χ1) is 15.4. The summed E-state index contributed by atoms with van der Waals surface area (Å²) in [6.45, 7) is 1.55. The third-order valence-corrected chi connectivity index (χ3v) is 6.25. The minimum Gasteiger partial charge on any atom is -0.356 e. The molecule has 1 fully saturated rings. The first-order valence-electron chi connectivity index (χ1n) is 10.5. The van der Waals surface area contributed by atoms with Crippen molar-refractivity contribution in [1.29, 1.82) is 0 Å². The van der Waals surface area contributed by atoms with Gasteiger partial charge >= 0.3 is 0 Å². The molecule has 32 heavy (non-hydrogen) atoms. The van der Waals surface area contributed by atoms with Crippen molar-refractivity contribution in [2.75, 3.05) is 18.0 Å². The van der Waals surface area contributed by atoms with Crippen molar-refractivity contribution >= 4 is 28.3 Å². The molecule has 0 unspecified atom stereocenters. The fraction of sp³-hybridized carbons (Fsp3) is 0.304. The van der Waals surface area contributed by atoms with Gasteiger partial charge in [-0.15, -0.1) is 0 Å². The number of piperidine rings is 1. The van der Waals surface area contributed by atoms with Gasteiger partial charge in [0.05, 0.1) is 17.9 Å². The van der Waals surface area contributed by atoms with E-state index >= 15 is 0 Å². The lowest BCUT2D eigenvalue weighted by Gasteiger charge is -2.33. The SMILES string of the molecule is Cn1cc([C@H]2CCCN(c3cc4c(=O)n(C)cnc4c(-c4ccc(Cl)cc4F)n3)C2)cn1. The van der Waals surface area contributed by atoms with Gasteiger partial charge in [0.15, 0.2) is 0 Å². The Labute approximate surface area is 189 Å². The number of halogens is 2. The van der Waals surface area contributed by atoms with Gasteiger partial charge < -0.3 is 9.47 Å². The van der Waals surface area contributed by atoms with E-state index in [0.29, 0.717) is 33.4 Å². The largest absolute Gasteiger partial charge is 0.356 e. The normalized spacial score (nSPS) is 16.6. The average Bonchev–Trinajstić information content (AvgIpc) is 3.22. The van der Waals surface area contributed by atoms with Crippen LogP contribution in [0.25, 0.3) is 22.2 Å². The third kappa shape index (κ3) is 3.64. The maximum Gasteiger partial charge on any atom is 0.261 e. The third-order valence-electron chi connectivity index (χ3n) is 6.02. The number of hydrogen-bond donors (Lipinski definition) is 0. The van der Waals surface area contributed by atoms with Crippen LogP contribution in [0.3, 0.4) is 0 Å². The van der Waals surface area contributed by atoms with Crippen LogP contribution in [0.5, 0.6) is 0 Å². The van der Waals surface area contributed by atoms with Crippen molar-refractivity contribution in [2.24, 2.45) is 14.1 Å². The summed E-state index contributed by atoms with van der Waals surface area (Å²) in [7, 11) is 3.56. The van der Waals surface area contributed by atoms with Crippen LogP contribution >= 0.6 is 11.6 Å². The molecule has 1 aliphatic heterocycles. The van der Waals surface area contributed by atoms with Crippen LogP contribution in [0, 0.1) is 5.82 Å². The van der Waals surface area contributed by atoms with Gasteiger partial charge in [-0.1, -0.05) is 11.6 Å². The second-order valence-electron chi connectivity index (χ2n) is 8.24. The minimum atomic E-state index is -0.502. The highest BCUT2D eigenvalue weighted by Crippen LogP contribution is 2.34. The van der Waals surface area contributed by atoms with Crippen LogP contribution in [-0.2, 0) is 14.1 Å². The summed E-state index contributed by atoms with van der Waals surface area (Å²) < 4.78 is 18.1. The summed E-state index contributed by atoms with van der Waals surface area (Å²) in [6.07, 6.45) is 7.40. The summed E-state index contributed by atoms with van der Waals surface area (Å²) in [6, 6.07) is 6.21. The van der Waals surface area contributed by atoms with Crippen LogP contribution in [0.1, 0.15) is 24.3 Å². The number of anilines is 1. The summed E-state index contributed by atoms with van der Waals surface area (Å²) in [5.74, 6) is 0.445. The Kier molecular flexibility index (Phi) is 5.17. The predicted molar refractivity (Wildman–Crippen MR) is 123 cm³/mol. The number of rotatable bonds is 3. The Morgan fingerprint density at radius 1 is 1.22 bits per heavy atom. The molecule has 4 heterocycles. The number of aromatic nitrogens is 5. The van der Waals surface area contributed by atoms with E-state index in [1.54, 1.807) is 29.9 Å². The zero-order chi connectivity index (χ0) is 22.4. The Balaban J connectivity index is 1.65. The molecule has 1 atom stereocenters. The Morgan fingerprint density at radius 2 is 2.06 bits per heavy atom. The number of nitrogens with zero attached hydrogens (tertiary/aromatic N) is 6. The maximum absolute atomic E-state index is 14.8. The highest BCUT2D eigenvalue weighted by Gasteiger charge is 2.25. The van der Waals surface area contributed by atoms with E-state index in [9.17, 15) is 9.18 Å². The van der Waals surface area contributed by atoms with Crippen molar-refractivity contribution in [3.8, 4) is 11.3 Å². The lowest BCUT2D eigenvalue weighted by molar-refractivity contribution is 0.507. The number of benzene rings is 1. The van der Waals surface area contributed by atoms with E-state index in [0.717, 1.165) is 25.9 Å². The average molecular weight is 453 g/mol. The van der Waals surface area contributed by atoms with Crippen LogP contribution in [0.15, 0.2) is 47.8 Å². The first-order valence-corrected chi connectivity index (χ1v) is 10.8. The molecule has 1 aromatic carbocycles. The first kappa shape index (κ1) is 20.6. The van der Waals surface area contributed by atoms with Crippen molar-refractivity contribution < 1.29 is 4.39 Å². The smallest absolute Gasteiger partial charge is 0.261 e. The molecule has 4 aromatic rings. The van der Waals surface area contributed by atoms with E-state index in [-0.39, 0.29) is 11.1 Å². The predicted octanol–water partition coefficient (Wildman–Crippen LogP) is 3.91. The Hall–Kier alpha value is -3.26. The molecule has 3 aromatic heterocycles. The summed E-state index contributed by atoms with van der Waals surface area (Å²) >= 11 is 5.95. The summed E-state index contributed by atoms with van der Waals surface area (Å²) in [4.78, 5) is 24.3. The summed E-state index contributed by atoms with van der Waals surface area (Å²) in [5.41, 5.74) is 1.96. The molecule has 0 bridgehead atoms. The number of hydrogen-bond acceptors (Lipinski definition) is 5.